The maximum absolute atomic E-state index is 13.3. The number of benzene rings is 2. The number of anilines is 1. The number of hydrogen-bond acceptors (Lipinski definition) is 3. The monoisotopic (exact) mass is 363 g/mol. The Kier molecular flexibility index (Phi) is 5.16. The van der Waals surface area contributed by atoms with Crippen LogP contribution in [0.3, 0.4) is 0 Å². The second-order valence-electron chi connectivity index (χ2n) is 5.62. The molecule has 2 aromatic rings. The minimum absolute atomic E-state index is 0.0752. The number of halogens is 3. The largest absolute Gasteiger partial charge is 0.490 e. The van der Waals surface area contributed by atoms with Crippen molar-refractivity contribution in [2.45, 2.75) is 12.6 Å². The molecule has 0 radical (unpaired) electrons. The summed E-state index contributed by atoms with van der Waals surface area (Å²) in [6.07, 6.45) is -3.37. The number of ether oxygens (including phenoxy) is 2. The van der Waals surface area contributed by atoms with E-state index in [1.807, 2.05) is 0 Å². The molecule has 1 N–H and O–H groups in total. The van der Waals surface area contributed by atoms with Crippen LogP contribution in [0.5, 0.6) is 11.5 Å². The molecule has 0 bridgehead atoms. The van der Waals surface area contributed by atoms with E-state index in [0.717, 1.165) is 6.42 Å². The molecule has 1 aliphatic rings. The van der Waals surface area contributed by atoms with Gasteiger partial charge in [0.15, 0.2) is 11.5 Å². The summed E-state index contributed by atoms with van der Waals surface area (Å²) in [5.41, 5.74) is -0.760. The fraction of sp³-hybridized carbons (Fsp3) is 0.211. The molecule has 1 aliphatic heterocycles. The predicted molar refractivity (Wildman–Crippen MR) is 91.2 cm³/mol. The van der Waals surface area contributed by atoms with Gasteiger partial charge in [-0.2, -0.15) is 13.2 Å². The molecular formula is C19H16F3NO3. The van der Waals surface area contributed by atoms with Crippen LogP contribution in [0.15, 0.2) is 54.6 Å². The van der Waals surface area contributed by atoms with E-state index in [2.05, 4.69) is 5.32 Å². The van der Waals surface area contributed by atoms with Gasteiger partial charge in [-0.1, -0.05) is 30.3 Å². The number of allylic oxidation sites excluding steroid dienone is 1. The molecule has 1 heterocycles. The Balaban J connectivity index is 1.82. The van der Waals surface area contributed by atoms with Crippen LogP contribution < -0.4 is 14.8 Å². The molecule has 3 rings (SSSR count). The summed E-state index contributed by atoms with van der Waals surface area (Å²) in [6, 6.07) is 11.9. The number of alkyl halides is 3. The van der Waals surface area contributed by atoms with Crippen LogP contribution in [0.1, 0.15) is 12.0 Å². The Morgan fingerprint density at radius 2 is 1.69 bits per heavy atom. The Morgan fingerprint density at radius 3 is 2.38 bits per heavy atom. The van der Waals surface area contributed by atoms with E-state index in [4.69, 9.17) is 9.47 Å². The fourth-order valence-electron chi connectivity index (χ4n) is 2.50. The average molecular weight is 363 g/mol. The lowest BCUT2D eigenvalue weighted by molar-refractivity contribution is -0.112. The van der Waals surface area contributed by atoms with Gasteiger partial charge in [0.2, 0.25) is 5.91 Å². The van der Waals surface area contributed by atoms with Crippen molar-refractivity contribution in [1.82, 2.24) is 0 Å². The van der Waals surface area contributed by atoms with Gasteiger partial charge in [0, 0.05) is 24.3 Å². The average Bonchev–Trinajstić information content (AvgIpc) is 2.84. The highest BCUT2D eigenvalue weighted by atomic mass is 19.4. The zero-order valence-electron chi connectivity index (χ0n) is 13.7. The minimum atomic E-state index is -4.65. The Hall–Kier alpha value is -2.96. The number of hydrogen-bond donors (Lipinski definition) is 1. The first-order valence-electron chi connectivity index (χ1n) is 7.98. The zero-order chi connectivity index (χ0) is 18.6. The van der Waals surface area contributed by atoms with Gasteiger partial charge in [0.05, 0.1) is 18.8 Å². The molecule has 136 valence electrons. The van der Waals surface area contributed by atoms with Crippen LogP contribution in [-0.2, 0) is 4.79 Å². The van der Waals surface area contributed by atoms with Gasteiger partial charge in [-0.3, -0.25) is 4.79 Å². The van der Waals surface area contributed by atoms with Crippen molar-refractivity contribution in [3.63, 3.8) is 0 Å². The van der Waals surface area contributed by atoms with Gasteiger partial charge >= 0.3 is 6.18 Å². The van der Waals surface area contributed by atoms with Gasteiger partial charge in [-0.05, 0) is 17.7 Å². The zero-order valence-corrected chi connectivity index (χ0v) is 13.7. The number of rotatable bonds is 3. The summed E-state index contributed by atoms with van der Waals surface area (Å²) in [4.78, 5) is 12.1. The van der Waals surface area contributed by atoms with Crippen molar-refractivity contribution < 1.29 is 27.4 Å². The topological polar surface area (TPSA) is 47.6 Å². The van der Waals surface area contributed by atoms with Crippen LogP contribution in [0.2, 0.25) is 0 Å². The van der Waals surface area contributed by atoms with E-state index in [1.165, 1.54) is 30.3 Å². The first kappa shape index (κ1) is 17.8. The predicted octanol–water partition coefficient (Wildman–Crippen LogP) is 4.43. The van der Waals surface area contributed by atoms with Crippen molar-refractivity contribution in [2.24, 2.45) is 0 Å². The molecule has 0 spiro atoms. The van der Waals surface area contributed by atoms with Gasteiger partial charge < -0.3 is 14.8 Å². The number of fused-ring (bicyclic) bond motifs is 1. The fourth-order valence-corrected chi connectivity index (χ4v) is 2.50. The molecule has 0 fully saturated rings. The Labute approximate surface area is 148 Å². The van der Waals surface area contributed by atoms with Crippen molar-refractivity contribution in [3.05, 3.63) is 60.2 Å². The summed E-state index contributed by atoms with van der Waals surface area (Å²) in [6.45, 7) is 0.990. The molecule has 0 saturated carbocycles. The summed E-state index contributed by atoms with van der Waals surface area (Å²) in [7, 11) is 0. The van der Waals surface area contributed by atoms with Crippen LogP contribution in [-0.4, -0.2) is 25.3 Å². The third-order valence-electron chi connectivity index (χ3n) is 3.68. The van der Waals surface area contributed by atoms with E-state index in [1.54, 1.807) is 18.2 Å². The van der Waals surface area contributed by atoms with Crippen molar-refractivity contribution in [2.75, 3.05) is 18.5 Å². The highest BCUT2D eigenvalue weighted by molar-refractivity contribution is 6.04. The lowest BCUT2D eigenvalue weighted by atomic mass is 10.1. The molecule has 26 heavy (non-hydrogen) atoms. The molecule has 0 unspecified atom stereocenters. The van der Waals surface area contributed by atoms with E-state index in [9.17, 15) is 18.0 Å². The number of carbonyl (C=O) groups is 1. The number of amides is 1. The summed E-state index contributed by atoms with van der Waals surface area (Å²) >= 11 is 0. The van der Waals surface area contributed by atoms with E-state index >= 15 is 0 Å². The van der Waals surface area contributed by atoms with Gasteiger partial charge in [-0.15, -0.1) is 0 Å². The van der Waals surface area contributed by atoms with E-state index < -0.39 is 17.7 Å². The molecule has 0 aliphatic carbocycles. The van der Waals surface area contributed by atoms with Gasteiger partial charge in [0.1, 0.15) is 0 Å². The maximum Gasteiger partial charge on any atom is 0.417 e. The maximum atomic E-state index is 13.3. The third-order valence-corrected chi connectivity index (χ3v) is 3.68. The molecular weight excluding hydrogens is 347 g/mol. The molecule has 0 saturated heterocycles. The molecule has 0 atom stereocenters. The van der Waals surface area contributed by atoms with E-state index in [-0.39, 0.29) is 5.56 Å². The summed E-state index contributed by atoms with van der Waals surface area (Å²) < 4.78 is 50.9. The second kappa shape index (κ2) is 7.51. The second-order valence-corrected chi connectivity index (χ2v) is 5.62. The summed E-state index contributed by atoms with van der Waals surface area (Å²) in [5.74, 6) is 0.107. The molecule has 4 nitrogen and oxygen atoms in total. The van der Waals surface area contributed by atoms with E-state index in [0.29, 0.717) is 36.5 Å². The van der Waals surface area contributed by atoms with Crippen molar-refractivity contribution >= 4 is 17.2 Å². The SMILES string of the molecule is O=C(/C=C(\c1ccccc1)C(F)(F)F)Nc1ccc2c(c1)OCCCO2. The number of nitrogens with one attached hydrogen (secondary N) is 1. The third kappa shape index (κ3) is 4.36. The lowest BCUT2D eigenvalue weighted by Crippen LogP contribution is -2.16. The van der Waals surface area contributed by atoms with Crippen molar-refractivity contribution in [1.29, 1.82) is 0 Å². The standard InChI is InChI=1S/C19H16F3NO3/c20-19(21,22)15(13-5-2-1-3-6-13)12-18(24)23-14-7-8-16-17(11-14)26-10-4-9-25-16/h1-3,5-8,11-12H,4,9-10H2,(H,23,24)/b15-12+. The Bertz CT molecular complexity index is 817. The van der Waals surface area contributed by atoms with Gasteiger partial charge in [-0.25, -0.2) is 0 Å². The highest BCUT2D eigenvalue weighted by Crippen LogP contribution is 2.34. The first-order chi connectivity index (χ1) is 12.4. The normalized spacial score (nSPS) is 14.5. The van der Waals surface area contributed by atoms with Crippen LogP contribution in [0.25, 0.3) is 5.57 Å². The molecule has 7 heteroatoms. The molecule has 0 aromatic heterocycles. The Morgan fingerprint density at radius 1 is 1.00 bits per heavy atom. The smallest absolute Gasteiger partial charge is 0.417 e. The van der Waals surface area contributed by atoms with Crippen LogP contribution >= 0.6 is 0 Å². The minimum Gasteiger partial charge on any atom is -0.490 e. The quantitative estimate of drug-likeness (QED) is 0.821. The highest BCUT2D eigenvalue weighted by Gasteiger charge is 2.35. The van der Waals surface area contributed by atoms with Crippen LogP contribution in [0.4, 0.5) is 18.9 Å². The molecule has 1 amide bonds. The van der Waals surface area contributed by atoms with Gasteiger partial charge in [0.25, 0.3) is 0 Å². The summed E-state index contributed by atoms with van der Waals surface area (Å²) in [5, 5.41) is 2.43. The van der Waals surface area contributed by atoms with Crippen molar-refractivity contribution in [3.8, 4) is 11.5 Å². The molecule has 2 aromatic carbocycles. The van der Waals surface area contributed by atoms with Crippen LogP contribution in [0, 0.1) is 0 Å². The number of carbonyl (C=O) groups excluding carboxylic acids is 1. The lowest BCUT2D eigenvalue weighted by Gasteiger charge is -2.13. The first-order valence-corrected chi connectivity index (χ1v) is 7.98.